The van der Waals surface area contributed by atoms with E-state index in [1.807, 2.05) is 12.3 Å². The second kappa shape index (κ2) is 6.42. The SMILES string of the molecule is CC(C)Cn1c(C2CCN(S(=O)(=O)N(C)C)C2)nc2ccncc21. The van der Waals surface area contributed by atoms with Crippen molar-refractivity contribution in [3.05, 3.63) is 24.3 Å². The van der Waals surface area contributed by atoms with Gasteiger partial charge in [-0.05, 0) is 18.4 Å². The zero-order chi connectivity index (χ0) is 17.5. The van der Waals surface area contributed by atoms with Crippen LogP contribution in [0.2, 0.25) is 0 Å². The molecule has 3 rings (SSSR count). The molecule has 1 unspecified atom stereocenters. The molecule has 24 heavy (non-hydrogen) atoms. The van der Waals surface area contributed by atoms with E-state index in [-0.39, 0.29) is 5.92 Å². The summed E-state index contributed by atoms with van der Waals surface area (Å²) < 4.78 is 29.8. The van der Waals surface area contributed by atoms with E-state index in [0.717, 1.165) is 29.8 Å². The van der Waals surface area contributed by atoms with Gasteiger partial charge >= 0.3 is 0 Å². The topological polar surface area (TPSA) is 71.3 Å². The van der Waals surface area contributed by atoms with Crippen molar-refractivity contribution in [3.63, 3.8) is 0 Å². The van der Waals surface area contributed by atoms with E-state index in [4.69, 9.17) is 4.98 Å². The molecule has 0 N–H and O–H groups in total. The van der Waals surface area contributed by atoms with Crippen molar-refractivity contribution in [1.29, 1.82) is 0 Å². The summed E-state index contributed by atoms with van der Waals surface area (Å²) in [4.78, 5) is 9.02. The van der Waals surface area contributed by atoms with Crippen molar-refractivity contribution < 1.29 is 8.42 Å². The molecule has 2 aromatic rings. The smallest absolute Gasteiger partial charge is 0.281 e. The second-order valence-electron chi connectivity index (χ2n) is 6.97. The number of pyridine rings is 1. The molecular weight excluding hydrogens is 326 g/mol. The lowest BCUT2D eigenvalue weighted by atomic mass is 10.1. The molecule has 1 aliphatic rings. The Morgan fingerprint density at radius 2 is 2.12 bits per heavy atom. The third kappa shape index (κ3) is 3.05. The monoisotopic (exact) mass is 351 g/mol. The van der Waals surface area contributed by atoms with Gasteiger partial charge in [-0.15, -0.1) is 0 Å². The minimum absolute atomic E-state index is 0.117. The van der Waals surface area contributed by atoms with Crippen molar-refractivity contribution in [2.45, 2.75) is 32.7 Å². The van der Waals surface area contributed by atoms with Gasteiger partial charge < -0.3 is 4.57 Å². The third-order valence-corrected chi connectivity index (χ3v) is 6.34. The first-order valence-electron chi connectivity index (χ1n) is 8.28. The standard InChI is InChI=1S/C16H25N5O2S/c1-12(2)10-21-15-9-17-7-5-14(15)18-16(21)13-6-8-20(11-13)24(22,23)19(3)4/h5,7,9,12-13H,6,8,10-11H2,1-4H3. The highest BCUT2D eigenvalue weighted by atomic mass is 32.2. The van der Waals surface area contributed by atoms with Crippen LogP contribution in [0.1, 0.15) is 32.0 Å². The normalized spacial score (nSPS) is 19.8. The Labute approximate surface area is 143 Å². The maximum absolute atomic E-state index is 12.4. The van der Waals surface area contributed by atoms with Crippen molar-refractivity contribution >= 4 is 21.2 Å². The lowest BCUT2D eigenvalue weighted by molar-refractivity contribution is 0.415. The summed E-state index contributed by atoms with van der Waals surface area (Å²) in [6.45, 7) is 6.21. The average molecular weight is 351 g/mol. The number of hydrogen-bond donors (Lipinski definition) is 0. The molecule has 1 aliphatic heterocycles. The number of aromatic nitrogens is 3. The number of nitrogens with zero attached hydrogens (tertiary/aromatic N) is 5. The van der Waals surface area contributed by atoms with Crippen molar-refractivity contribution in [3.8, 4) is 0 Å². The molecule has 132 valence electrons. The van der Waals surface area contributed by atoms with E-state index in [0.29, 0.717) is 19.0 Å². The summed E-state index contributed by atoms with van der Waals surface area (Å²) in [5.41, 5.74) is 1.95. The molecule has 8 heteroatoms. The highest BCUT2D eigenvalue weighted by Gasteiger charge is 2.35. The van der Waals surface area contributed by atoms with Gasteiger partial charge in [-0.3, -0.25) is 4.98 Å². The Hall–Kier alpha value is -1.51. The molecule has 1 atom stereocenters. The van der Waals surface area contributed by atoms with Crippen LogP contribution in [0.5, 0.6) is 0 Å². The second-order valence-corrected chi connectivity index (χ2v) is 9.11. The Kier molecular flexibility index (Phi) is 4.63. The van der Waals surface area contributed by atoms with Crippen LogP contribution in [-0.2, 0) is 16.8 Å². The molecule has 2 aromatic heterocycles. The van der Waals surface area contributed by atoms with Gasteiger partial charge in [0.15, 0.2) is 0 Å². The molecule has 7 nitrogen and oxygen atoms in total. The molecule has 0 aromatic carbocycles. The van der Waals surface area contributed by atoms with Crippen molar-refractivity contribution in [1.82, 2.24) is 23.1 Å². The number of rotatable bonds is 5. The zero-order valence-electron chi connectivity index (χ0n) is 14.7. The van der Waals surface area contributed by atoms with E-state index in [1.165, 1.54) is 4.31 Å². The molecule has 3 heterocycles. The lowest BCUT2D eigenvalue weighted by Crippen LogP contribution is -2.38. The largest absolute Gasteiger partial charge is 0.326 e. The van der Waals surface area contributed by atoms with Gasteiger partial charge in [0.2, 0.25) is 0 Å². The van der Waals surface area contributed by atoms with Gasteiger partial charge in [-0.25, -0.2) is 4.98 Å². The van der Waals surface area contributed by atoms with Crippen LogP contribution in [0.15, 0.2) is 18.5 Å². The minimum Gasteiger partial charge on any atom is -0.326 e. The molecule has 0 bridgehead atoms. The van der Waals surface area contributed by atoms with Gasteiger partial charge in [-0.2, -0.15) is 17.0 Å². The quantitative estimate of drug-likeness (QED) is 0.822. The fourth-order valence-electron chi connectivity index (χ4n) is 3.24. The van der Waals surface area contributed by atoms with Gasteiger partial charge in [0, 0.05) is 45.8 Å². The summed E-state index contributed by atoms with van der Waals surface area (Å²) in [6.07, 6.45) is 4.38. The van der Waals surface area contributed by atoms with Gasteiger partial charge in [-0.1, -0.05) is 13.8 Å². The summed E-state index contributed by atoms with van der Waals surface area (Å²) in [5.74, 6) is 1.57. The molecule has 1 fully saturated rings. The van der Waals surface area contributed by atoms with E-state index < -0.39 is 10.2 Å². The molecule has 0 aliphatic carbocycles. The number of fused-ring (bicyclic) bond motifs is 1. The lowest BCUT2D eigenvalue weighted by Gasteiger charge is -2.21. The third-order valence-electron chi connectivity index (χ3n) is 4.43. The first-order valence-corrected chi connectivity index (χ1v) is 9.68. The Bertz CT molecular complexity index is 828. The molecule has 0 spiro atoms. The molecular formula is C16H25N5O2S. The van der Waals surface area contributed by atoms with Crippen LogP contribution in [0.25, 0.3) is 11.0 Å². The molecule has 0 amide bonds. The van der Waals surface area contributed by atoms with E-state index in [2.05, 4.69) is 23.4 Å². The summed E-state index contributed by atoms with van der Waals surface area (Å²) >= 11 is 0. The summed E-state index contributed by atoms with van der Waals surface area (Å²) in [7, 11) is -0.223. The van der Waals surface area contributed by atoms with Crippen LogP contribution in [-0.4, -0.2) is 58.7 Å². The highest BCUT2D eigenvalue weighted by molar-refractivity contribution is 7.86. The maximum Gasteiger partial charge on any atom is 0.281 e. The fraction of sp³-hybridized carbons (Fsp3) is 0.625. The van der Waals surface area contributed by atoms with Crippen LogP contribution >= 0.6 is 0 Å². The first kappa shape index (κ1) is 17.3. The van der Waals surface area contributed by atoms with Crippen molar-refractivity contribution in [2.75, 3.05) is 27.2 Å². The van der Waals surface area contributed by atoms with Crippen LogP contribution in [0.4, 0.5) is 0 Å². The van der Waals surface area contributed by atoms with E-state index in [9.17, 15) is 8.42 Å². The molecule has 1 saturated heterocycles. The minimum atomic E-state index is -3.37. The predicted octanol–water partition coefficient (Wildman–Crippen LogP) is 1.68. The fourth-order valence-corrected chi connectivity index (χ4v) is 4.40. The summed E-state index contributed by atoms with van der Waals surface area (Å²) in [6, 6.07) is 1.92. The number of hydrogen-bond acceptors (Lipinski definition) is 4. The number of imidazole rings is 1. The summed E-state index contributed by atoms with van der Waals surface area (Å²) in [5, 5.41) is 0. The maximum atomic E-state index is 12.4. The van der Waals surface area contributed by atoms with Crippen LogP contribution in [0, 0.1) is 5.92 Å². The Morgan fingerprint density at radius 3 is 2.79 bits per heavy atom. The highest BCUT2D eigenvalue weighted by Crippen LogP contribution is 2.31. The van der Waals surface area contributed by atoms with E-state index in [1.54, 1.807) is 24.6 Å². The van der Waals surface area contributed by atoms with Crippen LogP contribution in [0.3, 0.4) is 0 Å². The zero-order valence-corrected chi connectivity index (χ0v) is 15.5. The molecule has 0 radical (unpaired) electrons. The average Bonchev–Trinajstić information content (AvgIpc) is 3.12. The van der Waals surface area contributed by atoms with Gasteiger partial charge in [0.05, 0.1) is 17.2 Å². The van der Waals surface area contributed by atoms with Gasteiger partial charge in [0.25, 0.3) is 10.2 Å². The predicted molar refractivity (Wildman–Crippen MR) is 93.9 cm³/mol. The first-order chi connectivity index (χ1) is 11.3. The van der Waals surface area contributed by atoms with E-state index >= 15 is 0 Å². The Balaban J connectivity index is 1.95. The van der Waals surface area contributed by atoms with Crippen LogP contribution < -0.4 is 0 Å². The molecule has 0 saturated carbocycles. The van der Waals surface area contributed by atoms with Gasteiger partial charge in [0.1, 0.15) is 5.82 Å². The Morgan fingerprint density at radius 1 is 1.38 bits per heavy atom. The van der Waals surface area contributed by atoms with Crippen molar-refractivity contribution in [2.24, 2.45) is 5.92 Å².